The summed E-state index contributed by atoms with van der Waals surface area (Å²) < 4.78 is 5.52. The predicted molar refractivity (Wildman–Crippen MR) is 71.6 cm³/mol. The number of anilines is 1. The van der Waals surface area contributed by atoms with Crippen molar-refractivity contribution < 1.29 is 19.4 Å². The Labute approximate surface area is 116 Å². The monoisotopic (exact) mass is 370 g/mol. The first-order valence-corrected chi connectivity index (χ1v) is 6.48. The van der Waals surface area contributed by atoms with Crippen LogP contribution in [0.25, 0.3) is 0 Å². The van der Waals surface area contributed by atoms with E-state index < -0.39 is 17.7 Å². The number of nitrogens with zero attached hydrogens (tertiary/aromatic N) is 1. The first-order chi connectivity index (χ1) is 7.69. The number of ether oxygens (including phenoxy) is 1. The molecule has 0 saturated carbocycles. The zero-order valence-corrected chi connectivity index (χ0v) is 12.4. The molecular weight excluding hydrogens is 359 g/mol. The van der Waals surface area contributed by atoms with Crippen LogP contribution in [-0.4, -0.2) is 27.8 Å². The molecule has 0 saturated heterocycles. The normalized spacial score (nSPS) is 11.1. The first kappa shape index (κ1) is 14.2. The van der Waals surface area contributed by atoms with Gasteiger partial charge in [-0.1, -0.05) is 11.3 Å². The number of carboxylic acid groups (broad SMARTS) is 1. The van der Waals surface area contributed by atoms with Gasteiger partial charge in [0.2, 0.25) is 0 Å². The average molecular weight is 370 g/mol. The lowest BCUT2D eigenvalue weighted by molar-refractivity contribution is 0.0632. The smallest absolute Gasteiger partial charge is 0.413 e. The van der Waals surface area contributed by atoms with E-state index in [1.165, 1.54) is 0 Å². The summed E-state index contributed by atoms with van der Waals surface area (Å²) in [5.41, 5.74) is -0.675. The van der Waals surface area contributed by atoms with Gasteiger partial charge in [-0.25, -0.2) is 14.6 Å². The molecule has 8 heteroatoms. The third kappa shape index (κ3) is 4.46. The van der Waals surface area contributed by atoms with E-state index in [0.717, 1.165) is 11.3 Å². The van der Waals surface area contributed by atoms with Gasteiger partial charge < -0.3 is 9.84 Å². The van der Waals surface area contributed by atoms with Crippen molar-refractivity contribution >= 4 is 51.1 Å². The molecule has 1 amide bonds. The minimum absolute atomic E-state index is 0.0679. The van der Waals surface area contributed by atoms with Gasteiger partial charge in [0.25, 0.3) is 0 Å². The molecule has 0 aromatic carbocycles. The van der Waals surface area contributed by atoms with Gasteiger partial charge in [-0.2, -0.15) is 0 Å². The minimum Gasteiger partial charge on any atom is -0.476 e. The highest BCUT2D eigenvalue weighted by atomic mass is 127. The van der Waals surface area contributed by atoms with Crippen LogP contribution in [0.5, 0.6) is 0 Å². The molecule has 6 nitrogen and oxygen atoms in total. The first-order valence-electron chi connectivity index (χ1n) is 4.58. The summed E-state index contributed by atoms with van der Waals surface area (Å²) in [7, 11) is 0. The zero-order chi connectivity index (χ0) is 13.2. The van der Waals surface area contributed by atoms with E-state index in [-0.39, 0.29) is 10.8 Å². The second kappa shape index (κ2) is 5.17. The second-order valence-electron chi connectivity index (χ2n) is 4.07. The van der Waals surface area contributed by atoms with Crippen molar-refractivity contribution in [2.45, 2.75) is 26.4 Å². The molecule has 2 N–H and O–H groups in total. The molecule has 0 unspecified atom stereocenters. The Morgan fingerprint density at radius 1 is 1.47 bits per heavy atom. The molecule has 94 valence electrons. The maximum absolute atomic E-state index is 11.4. The van der Waals surface area contributed by atoms with Gasteiger partial charge in [0.05, 0.1) is 0 Å². The summed E-state index contributed by atoms with van der Waals surface area (Å²) in [6, 6.07) is 0. The van der Waals surface area contributed by atoms with Gasteiger partial charge in [0.1, 0.15) is 8.48 Å². The van der Waals surface area contributed by atoms with Crippen molar-refractivity contribution in [2.24, 2.45) is 0 Å². The van der Waals surface area contributed by atoms with E-state index in [1.807, 2.05) is 22.6 Å². The lowest BCUT2D eigenvalue weighted by Gasteiger charge is -2.18. The lowest BCUT2D eigenvalue weighted by atomic mass is 10.2. The number of amides is 1. The van der Waals surface area contributed by atoms with Crippen molar-refractivity contribution in [1.29, 1.82) is 0 Å². The van der Waals surface area contributed by atoms with Crippen LogP contribution in [0, 0.1) is 2.88 Å². The fraction of sp³-hybridized carbons (Fsp3) is 0.444. The molecule has 0 spiro atoms. The molecule has 1 aromatic heterocycles. The van der Waals surface area contributed by atoms with Crippen LogP contribution < -0.4 is 5.32 Å². The van der Waals surface area contributed by atoms with Crippen molar-refractivity contribution in [3.05, 3.63) is 8.58 Å². The van der Waals surface area contributed by atoms with Crippen LogP contribution >= 0.6 is 33.9 Å². The van der Waals surface area contributed by atoms with Crippen LogP contribution in [0.15, 0.2) is 0 Å². The third-order valence-electron chi connectivity index (χ3n) is 1.40. The van der Waals surface area contributed by atoms with Crippen molar-refractivity contribution in [2.75, 3.05) is 5.32 Å². The summed E-state index contributed by atoms with van der Waals surface area (Å²) in [6.07, 6.45) is -0.653. The number of halogens is 1. The molecule has 17 heavy (non-hydrogen) atoms. The van der Waals surface area contributed by atoms with Crippen molar-refractivity contribution in [3.8, 4) is 0 Å². The van der Waals surface area contributed by atoms with Crippen LogP contribution in [0.4, 0.5) is 9.93 Å². The number of nitrogens with one attached hydrogen (secondary N) is 1. The topological polar surface area (TPSA) is 88.5 Å². The van der Waals surface area contributed by atoms with Gasteiger partial charge in [-0.05, 0) is 43.4 Å². The Kier molecular flexibility index (Phi) is 4.31. The summed E-state index contributed by atoms with van der Waals surface area (Å²) in [5, 5.41) is 11.4. The average Bonchev–Trinajstić information content (AvgIpc) is 2.42. The van der Waals surface area contributed by atoms with E-state index in [0.29, 0.717) is 2.88 Å². The fourth-order valence-corrected chi connectivity index (χ4v) is 2.53. The Hall–Kier alpha value is -0.900. The summed E-state index contributed by atoms with van der Waals surface area (Å²) in [4.78, 5) is 25.9. The van der Waals surface area contributed by atoms with Gasteiger partial charge in [0.15, 0.2) is 10.8 Å². The number of aromatic nitrogens is 1. The van der Waals surface area contributed by atoms with Gasteiger partial charge in [-0.3, -0.25) is 5.32 Å². The number of hydrogen-bond donors (Lipinski definition) is 2. The highest BCUT2D eigenvalue weighted by molar-refractivity contribution is 14.1. The van der Waals surface area contributed by atoms with E-state index in [4.69, 9.17) is 9.84 Å². The highest BCUT2D eigenvalue weighted by Gasteiger charge is 2.20. The second-order valence-corrected chi connectivity index (χ2v) is 6.88. The highest BCUT2D eigenvalue weighted by Crippen LogP contribution is 2.25. The Morgan fingerprint density at radius 2 is 2.06 bits per heavy atom. The van der Waals surface area contributed by atoms with Crippen LogP contribution in [0.2, 0.25) is 0 Å². The SMILES string of the molecule is CC(C)(C)OC(=O)Nc1nc(C(=O)O)c(I)s1. The quantitative estimate of drug-likeness (QED) is 0.782. The number of aromatic carboxylic acids is 1. The maximum atomic E-state index is 11.4. The molecule has 0 aliphatic rings. The van der Waals surface area contributed by atoms with Gasteiger partial charge in [-0.15, -0.1) is 0 Å². The third-order valence-corrected chi connectivity index (χ3v) is 3.33. The number of thiazole rings is 1. The molecule has 1 heterocycles. The van der Waals surface area contributed by atoms with Crippen molar-refractivity contribution in [3.63, 3.8) is 0 Å². The Balaban J connectivity index is 2.73. The van der Waals surface area contributed by atoms with Crippen LogP contribution in [0.3, 0.4) is 0 Å². The molecule has 0 atom stereocenters. The molecule has 0 bridgehead atoms. The number of rotatable bonds is 2. The molecule has 0 fully saturated rings. The Morgan fingerprint density at radius 3 is 2.47 bits per heavy atom. The lowest BCUT2D eigenvalue weighted by Crippen LogP contribution is -2.27. The summed E-state index contributed by atoms with van der Waals surface area (Å²) in [5.74, 6) is -1.12. The largest absolute Gasteiger partial charge is 0.476 e. The summed E-state index contributed by atoms with van der Waals surface area (Å²) >= 11 is 2.93. The van der Waals surface area contributed by atoms with E-state index >= 15 is 0 Å². The standard InChI is InChI=1S/C9H11IN2O4S/c1-9(2,3)16-8(15)12-7-11-4(6(13)14)5(10)17-7/h1-3H3,(H,13,14)(H,11,12,15). The molecule has 1 aromatic rings. The van der Waals surface area contributed by atoms with E-state index in [9.17, 15) is 9.59 Å². The number of carbonyl (C=O) groups excluding carboxylic acids is 1. The summed E-state index contributed by atoms with van der Waals surface area (Å²) in [6.45, 7) is 5.21. The fourth-order valence-electron chi connectivity index (χ4n) is 0.878. The van der Waals surface area contributed by atoms with E-state index in [1.54, 1.807) is 20.8 Å². The van der Waals surface area contributed by atoms with Crippen molar-refractivity contribution in [1.82, 2.24) is 4.98 Å². The zero-order valence-electron chi connectivity index (χ0n) is 9.41. The molecule has 1 rings (SSSR count). The van der Waals surface area contributed by atoms with E-state index in [2.05, 4.69) is 10.3 Å². The van der Waals surface area contributed by atoms with Crippen LogP contribution in [-0.2, 0) is 4.74 Å². The molecule has 0 aliphatic heterocycles. The molecule has 0 aliphatic carbocycles. The molecular formula is C9H11IN2O4S. The number of carboxylic acids is 1. The predicted octanol–water partition coefficient (Wildman–Crippen LogP) is 2.79. The molecule has 0 radical (unpaired) electrons. The van der Waals surface area contributed by atoms with Gasteiger partial charge >= 0.3 is 12.1 Å². The number of carbonyl (C=O) groups is 2. The van der Waals surface area contributed by atoms with Gasteiger partial charge in [0, 0.05) is 0 Å². The Bertz CT molecular complexity index is 452. The number of hydrogen-bond acceptors (Lipinski definition) is 5. The maximum Gasteiger partial charge on any atom is 0.413 e. The minimum atomic E-state index is -1.12. The van der Waals surface area contributed by atoms with Crippen LogP contribution in [0.1, 0.15) is 31.3 Å².